The number of nitrogens with one attached hydrogen (secondary N) is 2. The first-order valence-electron chi connectivity index (χ1n) is 7.11. The Bertz CT molecular complexity index is 422. The summed E-state index contributed by atoms with van der Waals surface area (Å²) in [6.45, 7) is 3.00. The molecule has 104 valence electrons. The molecular formula is C15H23N3O. The Morgan fingerprint density at radius 1 is 1.37 bits per heavy atom. The van der Waals surface area contributed by atoms with Gasteiger partial charge in [-0.05, 0) is 36.8 Å². The summed E-state index contributed by atoms with van der Waals surface area (Å²) in [6, 6.07) is 3.63. The lowest BCUT2D eigenvalue weighted by Crippen LogP contribution is -2.35. The molecule has 0 spiro atoms. The molecule has 4 nitrogen and oxygen atoms in total. The van der Waals surface area contributed by atoms with Crippen LogP contribution in [0, 0.1) is 5.41 Å². The number of carbonyl (C=O) groups excluding carboxylic acids is 1. The molecule has 4 heteroatoms. The Hall–Kier alpha value is -1.58. The second-order valence-electron chi connectivity index (χ2n) is 5.43. The highest BCUT2D eigenvalue weighted by Gasteiger charge is 2.32. The number of amides is 1. The zero-order valence-electron chi connectivity index (χ0n) is 11.8. The molecule has 0 unspecified atom stereocenters. The van der Waals surface area contributed by atoms with Crippen molar-refractivity contribution < 1.29 is 4.79 Å². The van der Waals surface area contributed by atoms with Crippen LogP contribution in [0.4, 0.5) is 5.69 Å². The summed E-state index contributed by atoms with van der Waals surface area (Å²) in [7, 11) is 1.84. The standard InChI is InChI=1S/C15H23N3O/c1-3-15(8-4-5-9-15)11-18-14(19)13-7-6-12(16-2)10-17-13/h6-7,10,16H,3-5,8-9,11H2,1-2H3,(H,18,19). The minimum atomic E-state index is -0.0672. The van der Waals surface area contributed by atoms with Crippen molar-refractivity contribution in [1.82, 2.24) is 10.3 Å². The maximum Gasteiger partial charge on any atom is 0.269 e. The van der Waals surface area contributed by atoms with E-state index < -0.39 is 0 Å². The number of anilines is 1. The fraction of sp³-hybridized carbons (Fsp3) is 0.600. The minimum absolute atomic E-state index is 0.0672. The number of hydrogen-bond donors (Lipinski definition) is 2. The van der Waals surface area contributed by atoms with Gasteiger partial charge in [0.1, 0.15) is 5.69 Å². The highest BCUT2D eigenvalue weighted by molar-refractivity contribution is 5.92. The van der Waals surface area contributed by atoms with Gasteiger partial charge in [0.25, 0.3) is 5.91 Å². The first-order chi connectivity index (χ1) is 9.19. The molecule has 1 saturated carbocycles. The number of pyridine rings is 1. The minimum Gasteiger partial charge on any atom is -0.387 e. The average Bonchev–Trinajstić information content (AvgIpc) is 2.94. The van der Waals surface area contributed by atoms with Gasteiger partial charge in [-0.1, -0.05) is 19.8 Å². The van der Waals surface area contributed by atoms with Gasteiger partial charge in [-0.2, -0.15) is 0 Å². The molecule has 1 aromatic rings. The third-order valence-corrected chi connectivity index (χ3v) is 4.32. The number of carbonyl (C=O) groups is 1. The molecule has 0 bridgehead atoms. The van der Waals surface area contributed by atoms with Crippen molar-refractivity contribution in [2.45, 2.75) is 39.0 Å². The zero-order valence-corrected chi connectivity index (χ0v) is 11.8. The fourth-order valence-corrected chi connectivity index (χ4v) is 2.81. The molecule has 19 heavy (non-hydrogen) atoms. The van der Waals surface area contributed by atoms with E-state index in [-0.39, 0.29) is 5.91 Å². The van der Waals surface area contributed by atoms with Crippen LogP contribution in [0.15, 0.2) is 18.3 Å². The van der Waals surface area contributed by atoms with Gasteiger partial charge < -0.3 is 10.6 Å². The quantitative estimate of drug-likeness (QED) is 0.857. The molecule has 1 aromatic heterocycles. The summed E-state index contributed by atoms with van der Waals surface area (Å²) in [5.41, 5.74) is 1.72. The SMILES string of the molecule is CCC1(CNC(=O)c2ccc(NC)cn2)CCCC1. The van der Waals surface area contributed by atoms with Crippen molar-refractivity contribution in [3.63, 3.8) is 0 Å². The molecule has 0 saturated heterocycles. The first-order valence-corrected chi connectivity index (χ1v) is 7.11. The van der Waals surface area contributed by atoms with Crippen LogP contribution in [0.25, 0.3) is 0 Å². The third kappa shape index (κ3) is 3.25. The Labute approximate surface area is 115 Å². The molecule has 1 aliphatic carbocycles. The topological polar surface area (TPSA) is 54.0 Å². The van der Waals surface area contributed by atoms with Crippen LogP contribution in [0.5, 0.6) is 0 Å². The lowest BCUT2D eigenvalue weighted by atomic mass is 9.83. The molecular weight excluding hydrogens is 238 g/mol. The van der Waals surface area contributed by atoms with Gasteiger partial charge in [-0.3, -0.25) is 4.79 Å². The molecule has 1 aliphatic rings. The smallest absolute Gasteiger partial charge is 0.269 e. The molecule has 1 heterocycles. The van der Waals surface area contributed by atoms with E-state index in [0.717, 1.165) is 18.7 Å². The van der Waals surface area contributed by atoms with E-state index in [1.807, 2.05) is 13.1 Å². The molecule has 0 radical (unpaired) electrons. The monoisotopic (exact) mass is 261 g/mol. The van der Waals surface area contributed by atoms with Crippen LogP contribution in [0.3, 0.4) is 0 Å². The second kappa shape index (κ2) is 6.04. The van der Waals surface area contributed by atoms with Crippen molar-refractivity contribution in [3.8, 4) is 0 Å². The highest BCUT2D eigenvalue weighted by atomic mass is 16.1. The maximum atomic E-state index is 12.1. The van der Waals surface area contributed by atoms with Crippen LogP contribution < -0.4 is 10.6 Å². The van der Waals surface area contributed by atoms with Crippen LogP contribution >= 0.6 is 0 Å². The van der Waals surface area contributed by atoms with Crippen molar-refractivity contribution in [2.24, 2.45) is 5.41 Å². The van der Waals surface area contributed by atoms with Crippen molar-refractivity contribution in [1.29, 1.82) is 0 Å². The van der Waals surface area contributed by atoms with Gasteiger partial charge in [0.15, 0.2) is 0 Å². The van der Waals surface area contributed by atoms with E-state index in [1.165, 1.54) is 25.7 Å². The van der Waals surface area contributed by atoms with Gasteiger partial charge in [0.2, 0.25) is 0 Å². The fourth-order valence-electron chi connectivity index (χ4n) is 2.81. The summed E-state index contributed by atoms with van der Waals surface area (Å²) in [6.07, 6.45) is 7.86. The Balaban J connectivity index is 1.93. The van der Waals surface area contributed by atoms with Gasteiger partial charge in [0.05, 0.1) is 11.9 Å². The van der Waals surface area contributed by atoms with E-state index >= 15 is 0 Å². The van der Waals surface area contributed by atoms with E-state index in [4.69, 9.17) is 0 Å². The Morgan fingerprint density at radius 3 is 2.63 bits per heavy atom. The van der Waals surface area contributed by atoms with E-state index in [9.17, 15) is 4.79 Å². The van der Waals surface area contributed by atoms with E-state index in [2.05, 4.69) is 22.5 Å². The number of rotatable bonds is 5. The number of nitrogens with zero attached hydrogens (tertiary/aromatic N) is 1. The summed E-state index contributed by atoms with van der Waals surface area (Å²) >= 11 is 0. The first kappa shape index (κ1) is 13.8. The van der Waals surface area contributed by atoms with Crippen LogP contribution in [0.2, 0.25) is 0 Å². The van der Waals surface area contributed by atoms with Crippen molar-refractivity contribution in [2.75, 3.05) is 18.9 Å². The normalized spacial score (nSPS) is 17.2. The number of hydrogen-bond acceptors (Lipinski definition) is 3. The lowest BCUT2D eigenvalue weighted by molar-refractivity contribution is 0.0924. The Morgan fingerprint density at radius 2 is 2.11 bits per heavy atom. The summed E-state index contributed by atoms with van der Waals surface area (Å²) in [4.78, 5) is 16.2. The average molecular weight is 261 g/mol. The van der Waals surface area contributed by atoms with Crippen molar-refractivity contribution in [3.05, 3.63) is 24.0 Å². The predicted molar refractivity (Wildman–Crippen MR) is 77.3 cm³/mol. The molecule has 2 rings (SSSR count). The van der Waals surface area contributed by atoms with Gasteiger partial charge in [0, 0.05) is 13.6 Å². The third-order valence-electron chi connectivity index (χ3n) is 4.32. The van der Waals surface area contributed by atoms with E-state index in [1.54, 1.807) is 12.3 Å². The second-order valence-corrected chi connectivity index (χ2v) is 5.43. The molecule has 2 N–H and O–H groups in total. The van der Waals surface area contributed by atoms with Crippen molar-refractivity contribution >= 4 is 11.6 Å². The molecule has 0 aliphatic heterocycles. The summed E-state index contributed by atoms with van der Waals surface area (Å²) in [5, 5.41) is 6.04. The molecule has 0 aromatic carbocycles. The van der Waals surface area contributed by atoms with Gasteiger partial charge in [-0.25, -0.2) is 4.98 Å². The van der Waals surface area contributed by atoms with Crippen LogP contribution in [-0.4, -0.2) is 24.5 Å². The maximum absolute atomic E-state index is 12.1. The Kier molecular flexibility index (Phi) is 4.40. The molecule has 1 amide bonds. The van der Waals surface area contributed by atoms with E-state index in [0.29, 0.717) is 11.1 Å². The number of aromatic nitrogens is 1. The molecule has 0 atom stereocenters. The van der Waals surface area contributed by atoms with Crippen LogP contribution in [0.1, 0.15) is 49.5 Å². The highest BCUT2D eigenvalue weighted by Crippen LogP contribution is 2.40. The molecule has 1 fully saturated rings. The predicted octanol–water partition coefficient (Wildman–Crippen LogP) is 2.82. The summed E-state index contributed by atoms with van der Waals surface area (Å²) in [5.74, 6) is -0.0672. The van der Waals surface area contributed by atoms with Gasteiger partial charge in [-0.15, -0.1) is 0 Å². The summed E-state index contributed by atoms with van der Waals surface area (Å²) < 4.78 is 0. The lowest BCUT2D eigenvalue weighted by Gasteiger charge is -2.27. The van der Waals surface area contributed by atoms with Gasteiger partial charge >= 0.3 is 0 Å². The largest absolute Gasteiger partial charge is 0.387 e. The van der Waals surface area contributed by atoms with Crippen LogP contribution in [-0.2, 0) is 0 Å². The zero-order chi connectivity index (χ0) is 13.7.